The molecule has 0 radical (unpaired) electrons. The molecule has 0 bridgehead atoms. The van der Waals surface area contributed by atoms with Gasteiger partial charge in [-0.1, -0.05) is 0 Å². The molecule has 2 aliphatic heterocycles. The van der Waals surface area contributed by atoms with E-state index in [0.717, 1.165) is 6.42 Å². The summed E-state index contributed by atoms with van der Waals surface area (Å²) in [4.78, 5) is 24.6. The van der Waals surface area contributed by atoms with E-state index >= 15 is 0 Å². The summed E-state index contributed by atoms with van der Waals surface area (Å²) in [7, 11) is 0. The molecular weight excluding hydrogens is 290 g/mol. The summed E-state index contributed by atoms with van der Waals surface area (Å²) in [5.74, 6) is 0.751. The Balaban J connectivity index is 1.50. The summed E-state index contributed by atoms with van der Waals surface area (Å²) in [6.07, 6.45) is 1.40. The lowest BCUT2D eigenvalue weighted by atomic mass is 10.2. The van der Waals surface area contributed by atoms with Gasteiger partial charge in [-0.15, -0.1) is 0 Å². The molecule has 1 saturated heterocycles. The van der Waals surface area contributed by atoms with Gasteiger partial charge in [0.1, 0.15) is 11.8 Å². The molecule has 1 aromatic carbocycles. The summed E-state index contributed by atoms with van der Waals surface area (Å²) in [5.41, 5.74) is 0. The number of hydrogen-bond acceptors (Lipinski definition) is 5. The number of hydrogen-bond donors (Lipinski definition) is 1. The fraction of sp³-hybridized carbons (Fsp3) is 0.467. The molecule has 0 spiro atoms. The first-order chi connectivity index (χ1) is 10.6. The van der Waals surface area contributed by atoms with E-state index in [1.807, 2.05) is 0 Å². The largest absolute Gasteiger partial charge is 0.493 e. The van der Waals surface area contributed by atoms with E-state index in [1.165, 1.54) is 4.90 Å². The maximum atomic E-state index is 12.1. The van der Waals surface area contributed by atoms with Gasteiger partial charge < -0.3 is 24.2 Å². The third-order valence-corrected chi connectivity index (χ3v) is 3.79. The smallest absolute Gasteiger partial charge is 0.326 e. The number of nitrogens with zero attached hydrogens (tertiary/aromatic N) is 1. The number of aliphatic carboxylic acids is 1. The molecule has 2 aliphatic rings. The van der Waals surface area contributed by atoms with Crippen molar-refractivity contribution in [3.8, 4) is 17.2 Å². The number of carbonyl (C=O) groups is 2. The second kappa shape index (κ2) is 6.13. The number of rotatable bonds is 5. The van der Waals surface area contributed by atoms with E-state index in [9.17, 15) is 9.59 Å². The van der Waals surface area contributed by atoms with Crippen LogP contribution in [0.3, 0.4) is 0 Å². The van der Waals surface area contributed by atoms with Gasteiger partial charge in [-0.3, -0.25) is 4.79 Å². The van der Waals surface area contributed by atoms with Crippen LogP contribution in [0.2, 0.25) is 0 Å². The Kier molecular flexibility index (Phi) is 4.04. The van der Waals surface area contributed by atoms with Gasteiger partial charge in [0, 0.05) is 12.6 Å². The molecule has 0 saturated carbocycles. The van der Waals surface area contributed by atoms with Gasteiger partial charge in [0.2, 0.25) is 12.7 Å². The van der Waals surface area contributed by atoms with Gasteiger partial charge >= 0.3 is 5.97 Å². The maximum Gasteiger partial charge on any atom is 0.326 e. The van der Waals surface area contributed by atoms with Crippen LogP contribution in [0.1, 0.15) is 19.3 Å². The van der Waals surface area contributed by atoms with Crippen molar-refractivity contribution < 1.29 is 28.9 Å². The second-order valence-electron chi connectivity index (χ2n) is 5.20. The molecule has 1 aromatic rings. The molecule has 1 atom stereocenters. The van der Waals surface area contributed by atoms with Crippen LogP contribution in [0.4, 0.5) is 0 Å². The lowest BCUT2D eigenvalue weighted by Crippen LogP contribution is -2.40. The van der Waals surface area contributed by atoms with E-state index in [2.05, 4.69) is 0 Å². The number of carboxylic acid groups (broad SMARTS) is 1. The number of carboxylic acids is 1. The quantitative estimate of drug-likeness (QED) is 0.881. The van der Waals surface area contributed by atoms with Crippen molar-refractivity contribution in [2.75, 3.05) is 19.9 Å². The fourth-order valence-corrected chi connectivity index (χ4v) is 2.69. The van der Waals surface area contributed by atoms with Crippen LogP contribution in [-0.2, 0) is 9.59 Å². The van der Waals surface area contributed by atoms with E-state index < -0.39 is 12.0 Å². The first-order valence-electron chi connectivity index (χ1n) is 7.20. The number of carbonyl (C=O) groups excluding carboxylic acids is 1. The summed E-state index contributed by atoms with van der Waals surface area (Å²) in [6, 6.07) is 4.51. The van der Waals surface area contributed by atoms with Crippen molar-refractivity contribution in [1.29, 1.82) is 0 Å². The number of ether oxygens (including phenoxy) is 3. The Morgan fingerprint density at radius 1 is 1.32 bits per heavy atom. The summed E-state index contributed by atoms with van der Waals surface area (Å²) in [6.45, 7) is 0.893. The fourth-order valence-electron chi connectivity index (χ4n) is 2.69. The molecule has 1 fully saturated rings. The molecule has 1 amide bonds. The third-order valence-electron chi connectivity index (χ3n) is 3.79. The van der Waals surface area contributed by atoms with Gasteiger partial charge in [0.05, 0.1) is 13.0 Å². The lowest BCUT2D eigenvalue weighted by Gasteiger charge is -2.21. The highest BCUT2D eigenvalue weighted by Gasteiger charge is 2.33. The zero-order valence-electron chi connectivity index (χ0n) is 12.0. The molecule has 118 valence electrons. The van der Waals surface area contributed by atoms with Crippen molar-refractivity contribution in [2.45, 2.75) is 25.3 Å². The predicted molar refractivity (Wildman–Crippen MR) is 75.0 cm³/mol. The summed E-state index contributed by atoms with van der Waals surface area (Å²) >= 11 is 0. The predicted octanol–water partition coefficient (Wildman–Crippen LogP) is 1.26. The van der Waals surface area contributed by atoms with Crippen LogP contribution in [0, 0.1) is 0 Å². The first-order valence-corrected chi connectivity index (χ1v) is 7.20. The Hall–Kier alpha value is -2.44. The van der Waals surface area contributed by atoms with Crippen LogP contribution in [0.15, 0.2) is 18.2 Å². The molecule has 1 unspecified atom stereocenters. The zero-order chi connectivity index (χ0) is 15.5. The van der Waals surface area contributed by atoms with Crippen molar-refractivity contribution in [3.63, 3.8) is 0 Å². The molecule has 1 N–H and O–H groups in total. The molecular formula is C15H17NO6. The van der Waals surface area contributed by atoms with Gasteiger partial charge in [-0.2, -0.15) is 0 Å². The number of amides is 1. The highest BCUT2D eigenvalue weighted by molar-refractivity contribution is 5.84. The standard InChI is InChI=1S/C15H17NO6/c17-14(16-6-1-2-11(16)15(18)19)5-7-20-10-3-4-12-13(8-10)22-9-21-12/h3-4,8,11H,1-2,5-7,9H2,(H,18,19). The lowest BCUT2D eigenvalue weighted by molar-refractivity contribution is -0.148. The molecule has 2 heterocycles. The van der Waals surface area contributed by atoms with E-state index in [1.54, 1.807) is 18.2 Å². The van der Waals surface area contributed by atoms with Crippen LogP contribution in [0.5, 0.6) is 17.2 Å². The monoisotopic (exact) mass is 307 g/mol. The topological polar surface area (TPSA) is 85.3 Å². The molecule has 0 aromatic heterocycles. The molecule has 22 heavy (non-hydrogen) atoms. The van der Waals surface area contributed by atoms with Gasteiger partial charge in [0.15, 0.2) is 11.5 Å². The Morgan fingerprint density at radius 3 is 2.95 bits per heavy atom. The van der Waals surface area contributed by atoms with Gasteiger partial charge in [0.25, 0.3) is 0 Å². The minimum atomic E-state index is -0.942. The number of benzene rings is 1. The minimum absolute atomic E-state index is 0.151. The number of likely N-dealkylation sites (tertiary alicyclic amines) is 1. The first kappa shape index (κ1) is 14.5. The number of fused-ring (bicyclic) bond motifs is 1. The maximum absolute atomic E-state index is 12.1. The van der Waals surface area contributed by atoms with Crippen LogP contribution in [0.25, 0.3) is 0 Å². The van der Waals surface area contributed by atoms with Crippen molar-refractivity contribution >= 4 is 11.9 Å². The van der Waals surface area contributed by atoms with E-state index in [4.69, 9.17) is 19.3 Å². The van der Waals surface area contributed by atoms with Crippen LogP contribution >= 0.6 is 0 Å². The molecule has 0 aliphatic carbocycles. The zero-order valence-corrected chi connectivity index (χ0v) is 12.0. The minimum Gasteiger partial charge on any atom is -0.493 e. The Bertz CT molecular complexity index is 587. The third kappa shape index (κ3) is 2.93. The van der Waals surface area contributed by atoms with Gasteiger partial charge in [-0.25, -0.2) is 4.79 Å². The Labute approximate surface area is 127 Å². The second-order valence-corrected chi connectivity index (χ2v) is 5.20. The normalized spacial score (nSPS) is 19.3. The molecule has 7 nitrogen and oxygen atoms in total. The average molecular weight is 307 g/mol. The molecule has 3 rings (SSSR count). The summed E-state index contributed by atoms with van der Waals surface area (Å²) < 4.78 is 16.0. The van der Waals surface area contributed by atoms with Crippen molar-refractivity contribution in [3.05, 3.63) is 18.2 Å². The summed E-state index contributed by atoms with van der Waals surface area (Å²) in [5, 5.41) is 9.07. The average Bonchev–Trinajstić information content (AvgIpc) is 3.15. The van der Waals surface area contributed by atoms with Crippen LogP contribution in [-0.4, -0.2) is 47.9 Å². The van der Waals surface area contributed by atoms with Crippen LogP contribution < -0.4 is 14.2 Å². The van der Waals surface area contributed by atoms with Crippen molar-refractivity contribution in [1.82, 2.24) is 4.90 Å². The van der Waals surface area contributed by atoms with E-state index in [-0.39, 0.29) is 25.7 Å². The van der Waals surface area contributed by atoms with E-state index in [0.29, 0.717) is 30.2 Å². The molecule has 7 heteroatoms. The van der Waals surface area contributed by atoms with Gasteiger partial charge in [-0.05, 0) is 25.0 Å². The Morgan fingerprint density at radius 2 is 2.14 bits per heavy atom. The highest BCUT2D eigenvalue weighted by atomic mass is 16.7. The SMILES string of the molecule is O=C(O)C1CCCN1C(=O)CCOc1ccc2c(c1)OCO2. The van der Waals surface area contributed by atoms with Crippen molar-refractivity contribution in [2.24, 2.45) is 0 Å². The highest BCUT2D eigenvalue weighted by Crippen LogP contribution is 2.35.